The van der Waals surface area contributed by atoms with Crippen molar-refractivity contribution in [2.24, 2.45) is 0 Å². The molecule has 0 spiro atoms. The largest absolute Gasteiger partial charge is 0.496 e. The van der Waals surface area contributed by atoms with Gasteiger partial charge in [0.15, 0.2) is 0 Å². The number of hydrogen-bond donors (Lipinski definition) is 1. The molecule has 0 saturated carbocycles. The molecule has 252 valence electrons. The van der Waals surface area contributed by atoms with Gasteiger partial charge < -0.3 is 33.9 Å². The van der Waals surface area contributed by atoms with E-state index in [1.165, 1.54) is 0 Å². The summed E-state index contributed by atoms with van der Waals surface area (Å²) in [6.45, 7) is 0.452. The summed E-state index contributed by atoms with van der Waals surface area (Å²) in [5.74, 6) is 4.72. The number of likely N-dealkylation sites (tertiary alicyclic amines) is 1. The minimum Gasteiger partial charge on any atom is -0.496 e. The van der Waals surface area contributed by atoms with E-state index in [9.17, 15) is 9.59 Å². The van der Waals surface area contributed by atoms with Crippen molar-refractivity contribution in [1.82, 2.24) is 10.2 Å². The van der Waals surface area contributed by atoms with Gasteiger partial charge in [-0.25, -0.2) is 0 Å². The molecule has 2 saturated heterocycles. The van der Waals surface area contributed by atoms with Gasteiger partial charge >= 0.3 is 0 Å². The Labute approximate surface area is 282 Å². The maximum absolute atomic E-state index is 13.1. The number of rotatable bonds is 10. The molecule has 0 aromatic heterocycles. The molecule has 0 aliphatic carbocycles. The molecule has 2 aliphatic rings. The summed E-state index contributed by atoms with van der Waals surface area (Å²) in [6.07, 6.45) is 4.65. The predicted octanol–water partition coefficient (Wildman–Crippen LogP) is 7.79. The fraction of sp³-hybridized carbons (Fsp3) is 0.333. The van der Waals surface area contributed by atoms with E-state index < -0.39 is 0 Å². The minimum absolute atomic E-state index is 0.0117. The van der Waals surface area contributed by atoms with Crippen LogP contribution in [0, 0.1) is 0 Å². The number of carbonyl (C=O) groups is 2. The molecule has 2 amide bonds. The third-order valence-corrected chi connectivity index (χ3v) is 8.69. The zero-order chi connectivity index (χ0) is 33.9. The highest BCUT2D eigenvalue weighted by molar-refractivity contribution is 5.78. The summed E-state index contributed by atoms with van der Waals surface area (Å²) < 4.78 is 28.1. The van der Waals surface area contributed by atoms with Crippen LogP contribution in [0.4, 0.5) is 0 Å². The molecule has 2 aliphatic heterocycles. The van der Waals surface area contributed by atoms with Crippen molar-refractivity contribution in [2.75, 3.05) is 28.4 Å². The van der Waals surface area contributed by atoms with Gasteiger partial charge in [0.2, 0.25) is 11.8 Å². The Morgan fingerprint density at radius 3 is 1.77 bits per heavy atom. The quantitative estimate of drug-likeness (QED) is 0.187. The average molecular weight is 653 g/mol. The summed E-state index contributed by atoms with van der Waals surface area (Å²) in [7, 11) is 6.55. The van der Waals surface area contributed by atoms with Crippen LogP contribution in [0.25, 0.3) is 0 Å². The van der Waals surface area contributed by atoms with E-state index in [2.05, 4.69) is 5.32 Å². The number of nitrogens with zero attached hydrogens (tertiary/aromatic N) is 1. The predicted molar refractivity (Wildman–Crippen MR) is 184 cm³/mol. The molecule has 1 N–H and O–H groups in total. The van der Waals surface area contributed by atoms with Crippen LogP contribution in [-0.4, -0.2) is 45.2 Å². The molecule has 48 heavy (non-hydrogen) atoms. The number of hydrogen-bond acceptors (Lipinski definition) is 7. The van der Waals surface area contributed by atoms with E-state index in [1.807, 2.05) is 95.9 Å². The standard InChI is InChI=1S/C26H27NO4.C13H17NO3/c1-29-23-15-9-16-24(30-2)26(23)21-13-8-17-25(28)27(21)18-19-10-6-7-14-22(19)31-20-11-4-3-5-12-20;1-16-10-6-4-7-11(17-2)13(10)9-5-3-8-12(15)14-9/h3-7,9-12,14-16,21H,8,13,17-18H2,1-2H3;4,6-7,9H,3,5,8H2,1-2H3,(H,14,15). The third-order valence-electron chi connectivity index (χ3n) is 8.69. The van der Waals surface area contributed by atoms with Crippen molar-refractivity contribution in [3.63, 3.8) is 0 Å². The lowest BCUT2D eigenvalue weighted by molar-refractivity contribution is -0.137. The van der Waals surface area contributed by atoms with Gasteiger partial charge in [0.25, 0.3) is 0 Å². The van der Waals surface area contributed by atoms with Crippen LogP contribution in [0.1, 0.15) is 67.3 Å². The van der Waals surface area contributed by atoms with Crippen LogP contribution in [0.2, 0.25) is 0 Å². The molecule has 2 fully saturated rings. The Kier molecular flexibility index (Phi) is 11.8. The second-order valence-corrected chi connectivity index (χ2v) is 11.6. The Morgan fingerprint density at radius 1 is 0.625 bits per heavy atom. The Bertz CT molecular complexity index is 1630. The first kappa shape index (κ1) is 34.2. The lowest BCUT2D eigenvalue weighted by atomic mass is 9.92. The van der Waals surface area contributed by atoms with Crippen molar-refractivity contribution in [1.29, 1.82) is 0 Å². The molecular weight excluding hydrogens is 608 g/mol. The lowest BCUT2D eigenvalue weighted by Gasteiger charge is -2.37. The van der Waals surface area contributed by atoms with E-state index >= 15 is 0 Å². The fourth-order valence-electron chi connectivity index (χ4n) is 6.41. The smallest absolute Gasteiger partial charge is 0.223 e. The van der Waals surface area contributed by atoms with E-state index in [0.29, 0.717) is 19.4 Å². The molecule has 2 atom stereocenters. The Morgan fingerprint density at radius 2 is 1.17 bits per heavy atom. The number of para-hydroxylation sites is 2. The van der Waals surface area contributed by atoms with Crippen LogP contribution in [-0.2, 0) is 16.1 Å². The molecule has 4 aromatic carbocycles. The van der Waals surface area contributed by atoms with Gasteiger partial charge in [-0.05, 0) is 68.1 Å². The number of carbonyl (C=O) groups excluding carboxylic acids is 2. The number of benzene rings is 4. The molecule has 0 radical (unpaired) electrons. The molecular formula is C39H44N2O7. The number of ether oxygens (including phenoxy) is 5. The molecule has 4 aromatic rings. The van der Waals surface area contributed by atoms with Crippen LogP contribution >= 0.6 is 0 Å². The Hall–Kier alpha value is -5.18. The monoisotopic (exact) mass is 652 g/mol. The van der Waals surface area contributed by atoms with E-state index in [-0.39, 0.29) is 23.9 Å². The maximum Gasteiger partial charge on any atom is 0.223 e. The highest BCUT2D eigenvalue weighted by Gasteiger charge is 2.34. The Balaban J connectivity index is 0.000000224. The van der Waals surface area contributed by atoms with E-state index in [4.69, 9.17) is 23.7 Å². The first-order chi connectivity index (χ1) is 23.5. The van der Waals surface area contributed by atoms with Crippen molar-refractivity contribution in [2.45, 2.75) is 57.2 Å². The summed E-state index contributed by atoms with van der Waals surface area (Å²) in [5.41, 5.74) is 2.81. The van der Waals surface area contributed by atoms with Crippen molar-refractivity contribution in [3.8, 4) is 34.5 Å². The zero-order valence-electron chi connectivity index (χ0n) is 28.1. The molecule has 9 heteroatoms. The van der Waals surface area contributed by atoms with Gasteiger partial charge in [-0.3, -0.25) is 9.59 Å². The molecule has 9 nitrogen and oxygen atoms in total. The highest BCUT2D eigenvalue weighted by atomic mass is 16.5. The second-order valence-electron chi connectivity index (χ2n) is 11.6. The van der Waals surface area contributed by atoms with Gasteiger partial charge in [0, 0.05) is 24.9 Å². The summed E-state index contributed by atoms with van der Waals surface area (Å²) in [5, 5.41) is 2.98. The van der Waals surface area contributed by atoms with Gasteiger partial charge in [0.1, 0.15) is 34.5 Å². The van der Waals surface area contributed by atoms with Gasteiger partial charge in [-0.1, -0.05) is 48.5 Å². The normalized spacial score (nSPS) is 17.4. The van der Waals surface area contributed by atoms with Crippen LogP contribution < -0.4 is 29.0 Å². The maximum atomic E-state index is 13.1. The van der Waals surface area contributed by atoms with Crippen LogP contribution in [0.5, 0.6) is 34.5 Å². The van der Waals surface area contributed by atoms with Gasteiger partial charge in [-0.15, -0.1) is 0 Å². The van der Waals surface area contributed by atoms with Gasteiger partial charge in [-0.2, -0.15) is 0 Å². The first-order valence-corrected chi connectivity index (χ1v) is 16.3. The average Bonchev–Trinajstić information content (AvgIpc) is 3.13. The third kappa shape index (κ3) is 8.02. The zero-order valence-corrected chi connectivity index (χ0v) is 28.1. The molecule has 6 rings (SSSR count). The van der Waals surface area contributed by atoms with Crippen molar-refractivity contribution >= 4 is 11.8 Å². The topological polar surface area (TPSA) is 95.6 Å². The second kappa shape index (κ2) is 16.6. The highest BCUT2D eigenvalue weighted by Crippen LogP contribution is 2.43. The van der Waals surface area contributed by atoms with Crippen LogP contribution in [0.15, 0.2) is 91.0 Å². The first-order valence-electron chi connectivity index (χ1n) is 16.3. The number of amides is 2. The lowest BCUT2D eigenvalue weighted by Crippen LogP contribution is -2.38. The van der Waals surface area contributed by atoms with Gasteiger partial charge in [0.05, 0.1) is 51.6 Å². The number of methoxy groups -OCH3 is 4. The fourth-order valence-corrected chi connectivity index (χ4v) is 6.41. The van der Waals surface area contributed by atoms with Crippen LogP contribution in [0.3, 0.4) is 0 Å². The summed E-state index contributed by atoms with van der Waals surface area (Å²) in [4.78, 5) is 26.4. The van der Waals surface area contributed by atoms with E-state index in [1.54, 1.807) is 28.4 Å². The summed E-state index contributed by atoms with van der Waals surface area (Å²) in [6, 6.07) is 28.8. The van der Waals surface area contributed by atoms with Crippen molar-refractivity contribution in [3.05, 3.63) is 108 Å². The number of nitrogens with one attached hydrogen (secondary N) is 1. The van der Waals surface area contributed by atoms with Crippen molar-refractivity contribution < 1.29 is 33.3 Å². The summed E-state index contributed by atoms with van der Waals surface area (Å²) >= 11 is 0. The SMILES string of the molecule is COc1cccc(OC)c1C1CCCC(=O)N1.COc1cccc(OC)c1C1CCCC(=O)N1Cc1ccccc1Oc1ccccc1. The number of piperidine rings is 2. The minimum atomic E-state index is -0.128. The molecule has 2 unspecified atom stereocenters. The molecule has 2 heterocycles. The van der Waals surface area contributed by atoms with E-state index in [0.717, 1.165) is 76.9 Å². The molecule has 0 bridgehead atoms.